The Hall–Kier alpha value is -1.39. The molecule has 1 heterocycles. The fourth-order valence-electron chi connectivity index (χ4n) is 2.35. The Balaban J connectivity index is 2.11. The number of rotatable bonds is 3. The van der Waals surface area contributed by atoms with Crippen molar-refractivity contribution >= 4 is 38.6 Å². The highest BCUT2D eigenvalue weighted by Crippen LogP contribution is 2.23. The molecule has 1 aromatic heterocycles. The minimum Gasteiger partial charge on any atom is -0.322 e. The summed E-state index contributed by atoms with van der Waals surface area (Å²) in [5.41, 5.74) is 3.31. The van der Waals surface area contributed by atoms with Crippen molar-refractivity contribution in [1.29, 1.82) is 0 Å². The molecular formula is C16H13BrClFN2. The fourth-order valence-corrected chi connectivity index (χ4v) is 2.82. The number of nitrogens with zero attached hydrogens (tertiary/aromatic N) is 2. The van der Waals surface area contributed by atoms with Crippen molar-refractivity contribution in [1.82, 2.24) is 9.55 Å². The average molecular weight is 368 g/mol. The maximum atomic E-state index is 13.7. The van der Waals surface area contributed by atoms with E-state index in [2.05, 4.69) is 20.9 Å². The average Bonchev–Trinajstić information content (AvgIpc) is 2.79. The lowest BCUT2D eigenvalue weighted by atomic mass is 10.2. The van der Waals surface area contributed by atoms with E-state index in [1.807, 2.05) is 34.9 Å². The second kappa shape index (κ2) is 5.78. The molecule has 108 valence electrons. The Morgan fingerprint density at radius 2 is 1.95 bits per heavy atom. The van der Waals surface area contributed by atoms with E-state index in [0.717, 1.165) is 21.4 Å². The molecule has 2 aromatic carbocycles. The van der Waals surface area contributed by atoms with E-state index in [9.17, 15) is 4.39 Å². The third-order valence-electron chi connectivity index (χ3n) is 3.48. The molecule has 0 radical (unpaired) electrons. The first-order chi connectivity index (χ1) is 10.1. The van der Waals surface area contributed by atoms with E-state index in [4.69, 9.17) is 11.6 Å². The molecule has 0 amide bonds. The number of benzene rings is 2. The number of aryl methyl sites for hydroxylation is 1. The smallest absolute Gasteiger partial charge is 0.128 e. The van der Waals surface area contributed by atoms with Gasteiger partial charge in [-0.1, -0.05) is 28.1 Å². The molecule has 2 nitrogen and oxygen atoms in total. The topological polar surface area (TPSA) is 17.8 Å². The highest BCUT2D eigenvalue weighted by molar-refractivity contribution is 9.10. The highest BCUT2D eigenvalue weighted by atomic mass is 79.9. The van der Waals surface area contributed by atoms with E-state index >= 15 is 0 Å². The summed E-state index contributed by atoms with van der Waals surface area (Å²) in [5, 5.41) is 0. The Morgan fingerprint density at radius 3 is 2.62 bits per heavy atom. The van der Waals surface area contributed by atoms with Gasteiger partial charge in [0, 0.05) is 17.1 Å². The summed E-state index contributed by atoms with van der Waals surface area (Å²) in [6.45, 7) is 2.42. The summed E-state index contributed by atoms with van der Waals surface area (Å²) in [6.07, 6.45) is 0. The summed E-state index contributed by atoms with van der Waals surface area (Å²) >= 11 is 9.42. The predicted octanol–water partition coefficient (Wildman–Crippen LogP) is 5.03. The summed E-state index contributed by atoms with van der Waals surface area (Å²) < 4.78 is 16.8. The molecule has 0 N–H and O–H groups in total. The molecule has 0 atom stereocenters. The third-order valence-corrected chi connectivity index (χ3v) is 4.25. The molecule has 3 rings (SSSR count). The number of aromatic nitrogens is 2. The van der Waals surface area contributed by atoms with Crippen LogP contribution in [0.5, 0.6) is 0 Å². The molecule has 0 bridgehead atoms. The lowest BCUT2D eigenvalue weighted by molar-refractivity contribution is 0.620. The zero-order valence-corrected chi connectivity index (χ0v) is 13.7. The fraction of sp³-hybridized carbons (Fsp3) is 0.188. The summed E-state index contributed by atoms with van der Waals surface area (Å²) in [6, 6.07) is 11.4. The van der Waals surface area contributed by atoms with Crippen LogP contribution in [0.1, 0.15) is 17.0 Å². The summed E-state index contributed by atoms with van der Waals surface area (Å²) in [5.74, 6) is 0.808. The minimum atomic E-state index is -0.239. The van der Waals surface area contributed by atoms with Crippen molar-refractivity contribution < 1.29 is 4.39 Å². The monoisotopic (exact) mass is 366 g/mol. The van der Waals surface area contributed by atoms with Gasteiger partial charge in [0.1, 0.15) is 11.6 Å². The van der Waals surface area contributed by atoms with Crippen LogP contribution in [0.3, 0.4) is 0 Å². The van der Waals surface area contributed by atoms with Gasteiger partial charge in [0.05, 0.1) is 16.9 Å². The summed E-state index contributed by atoms with van der Waals surface area (Å²) in [7, 11) is 0. The van der Waals surface area contributed by atoms with Gasteiger partial charge in [-0.25, -0.2) is 9.37 Å². The van der Waals surface area contributed by atoms with Crippen LogP contribution in [0.4, 0.5) is 4.39 Å². The number of alkyl halides is 1. The Bertz CT molecular complexity index is 796. The van der Waals surface area contributed by atoms with Crippen molar-refractivity contribution in [2.75, 3.05) is 0 Å². The molecule has 0 unspecified atom stereocenters. The van der Waals surface area contributed by atoms with Crippen molar-refractivity contribution in [3.8, 4) is 0 Å². The van der Waals surface area contributed by atoms with Gasteiger partial charge in [0.25, 0.3) is 0 Å². The Labute approximate surface area is 135 Å². The molecule has 3 aromatic rings. The van der Waals surface area contributed by atoms with Crippen LogP contribution in [-0.4, -0.2) is 9.55 Å². The molecule has 0 saturated heterocycles. The molecule has 0 aliphatic rings. The van der Waals surface area contributed by atoms with Crippen molar-refractivity contribution in [3.05, 3.63) is 63.6 Å². The molecule has 0 aliphatic carbocycles. The highest BCUT2D eigenvalue weighted by Gasteiger charge is 2.12. The lowest BCUT2D eigenvalue weighted by Crippen LogP contribution is -2.04. The first-order valence-electron chi connectivity index (χ1n) is 6.54. The number of hydrogen-bond acceptors (Lipinski definition) is 1. The number of imidazole rings is 1. The molecule has 0 aliphatic heterocycles. The lowest BCUT2D eigenvalue weighted by Gasteiger charge is -2.08. The van der Waals surface area contributed by atoms with Crippen LogP contribution in [0.15, 0.2) is 40.9 Å². The van der Waals surface area contributed by atoms with Crippen molar-refractivity contribution in [3.63, 3.8) is 0 Å². The van der Waals surface area contributed by atoms with E-state index in [-0.39, 0.29) is 5.82 Å². The van der Waals surface area contributed by atoms with E-state index in [0.29, 0.717) is 23.5 Å². The van der Waals surface area contributed by atoms with Gasteiger partial charge in [-0.15, -0.1) is 11.6 Å². The first-order valence-corrected chi connectivity index (χ1v) is 7.87. The van der Waals surface area contributed by atoms with Gasteiger partial charge in [-0.2, -0.15) is 0 Å². The SMILES string of the molecule is Cc1cc2c(cc1F)nc(CCl)n2Cc1ccc(Br)cc1. The van der Waals surface area contributed by atoms with Crippen LogP contribution in [0.25, 0.3) is 11.0 Å². The van der Waals surface area contributed by atoms with E-state index < -0.39 is 0 Å². The van der Waals surface area contributed by atoms with Gasteiger partial charge in [0.15, 0.2) is 0 Å². The normalized spacial score (nSPS) is 11.2. The van der Waals surface area contributed by atoms with Crippen molar-refractivity contribution in [2.24, 2.45) is 0 Å². The van der Waals surface area contributed by atoms with Crippen molar-refractivity contribution in [2.45, 2.75) is 19.3 Å². The standard InChI is InChI=1S/C16H13BrClFN2/c1-10-6-15-14(7-13(10)19)20-16(8-18)21(15)9-11-2-4-12(17)5-3-11/h2-7H,8-9H2,1H3. The second-order valence-corrected chi connectivity index (χ2v) is 6.15. The molecule has 5 heteroatoms. The Morgan fingerprint density at radius 1 is 1.24 bits per heavy atom. The third kappa shape index (κ3) is 2.83. The number of hydrogen-bond donors (Lipinski definition) is 0. The van der Waals surface area contributed by atoms with Gasteiger partial charge in [-0.05, 0) is 36.2 Å². The molecule has 0 fully saturated rings. The van der Waals surface area contributed by atoms with E-state index in [1.165, 1.54) is 6.07 Å². The minimum absolute atomic E-state index is 0.239. The second-order valence-electron chi connectivity index (χ2n) is 4.96. The van der Waals surface area contributed by atoms with Crippen LogP contribution < -0.4 is 0 Å². The first kappa shape index (κ1) is 14.5. The molecular weight excluding hydrogens is 355 g/mol. The van der Waals surface area contributed by atoms with Gasteiger partial charge in [-0.3, -0.25) is 0 Å². The molecule has 0 spiro atoms. The largest absolute Gasteiger partial charge is 0.322 e. The van der Waals surface area contributed by atoms with Gasteiger partial charge in [0.2, 0.25) is 0 Å². The van der Waals surface area contributed by atoms with Crippen LogP contribution in [0.2, 0.25) is 0 Å². The van der Waals surface area contributed by atoms with Gasteiger partial charge >= 0.3 is 0 Å². The maximum Gasteiger partial charge on any atom is 0.128 e. The predicted molar refractivity (Wildman–Crippen MR) is 87.2 cm³/mol. The molecule has 0 saturated carbocycles. The Kier molecular flexibility index (Phi) is 4.00. The molecule has 21 heavy (non-hydrogen) atoms. The van der Waals surface area contributed by atoms with E-state index in [1.54, 1.807) is 6.92 Å². The zero-order valence-electron chi connectivity index (χ0n) is 11.4. The zero-order chi connectivity index (χ0) is 15.0. The van der Waals surface area contributed by atoms with Crippen LogP contribution >= 0.6 is 27.5 Å². The number of fused-ring (bicyclic) bond motifs is 1. The van der Waals surface area contributed by atoms with Crippen LogP contribution in [-0.2, 0) is 12.4 Å². The summed E-state index contributed by atoms with van der Waals surface area (Å²) in [4.78, 5) is 4.43. The van der Waals surface area contributed by atoms with Crippen LogP contribution in [0, 0.1) is 12.7 Å². The van der Waals surface area contributed by atoms with Gasteiger partial charge < -0.3 is 4.57 Å². The quantitative estimate of drug-likeness (QED) is 0.593. The number of halogens is 3. The maximum absolute atomic E-state index is 13.7.